The molecule has 23 heavy (non-hydrogen) atoms. The zero-order chi connectivity index (χ0) is 19.2. The van der Waals surface area contributed by atoms with Gasteiger partial charge in [-0.2, -0.15) is 13.2 Å². The van der Waals surface area contributed by atoms with Crippen LogP contribution >= 0.6 is 0 Å². The first-order valence-electron chi connectivity index (χ1n) is 7.28. The number of alkyl halides is 4. The second-order valence-electron chi connectivity index (χ2n) is 5.74. The topological polar surface area (TPSA) is 48.8 Å². The lowest BCUT2D eigenvalue weighted by Crippen LogP contribution is -1.95. The van der Waals surface area contributed by atoms with Crippen LogP contribution in [0.4, 0.5) is 17.6 Å². The van der Waals surface area contributed by atoms with E-state index in [0.29, 0.717) is 19.1 Å². The molecule has 146 valence electrons. The number of nitrogens with zero attached hydrogens (tertiary/aromatic N) is 3. The van der Waals surface area contributed by atoms with Gasteiger partial charge in [-0.15, -0.1) is 0 Å². The Hall–Kier alpha value is -0.970. The Balaban J connectivity index is -0.0000000401. The molecule has 0 fully saturated rings. The van der Waals surface area contributed by atoms with Crippen molar-refractivity contribution in [2.45, 2.75) is 88.3 Å². The van der Waals surface area contributed by atoms with E-state index in [4.69, 9.17) is 5.53 Å². The van der Waals surface area contributed by atoms with Gasteiger partial charge in [0.05, 0.1) is 7.18 Å². The maximum atomic E-state index is 10.4. The lowest BCUT2D eigenvalue weighted by molar-refractivity contribution is -0.110. The largest absolute Gasteiger partial charge is 0.386 e. The molecule has 0 aromatic rings. The van der Waals surface area contributed by atoms with Gasteiger partial charge < -0.3 is 0 Å². The van der Waals surface area contributed by atoms with Crippen molar-refractivity contribution in [2.75, 3.05) is 13.7 Å². The minimum Gasteiger partial charge on any atom is -0.255 e. The fourth-order valence-electron chi connectivity index (χ4n) is 0.145. The van der Waals surface area contributed by atoms with Crippen LogP contribution in [-0.4, -0.2) is 19.9 Å². The third kappa shape index (κ3) is 830. The van der Waals surface area contributed by atoms with E-state index in [2.05, 4.69) is 51.6 Å². The monoisotopic (exact) mass is 349 g/mol. The highest BCUT2D eigenvalue weighted by atomic mass is 19.4. The van der Waals surface area contributed by atoms with E-state index in [1.807, 2.05) is 6.92 Å². The molecule has 0 spiro atoms. The molecular weight excluding hydrogens is 310 g/mol. The van der Waals surface area contributed by atoms with Crippen molar-refractivity contribution in [1.82, 2.24) is 0 Å². The predicted octanol–water partition coefficient (Wildman–Crippen LogP) is 8.36. The van der Waals surface area contributed by atoms with Crippen LogP contribution in [0.5, 0.6) is 0 Å². The van der Waals surface area contributed by atoms with E-state index in [9.17, 15) is 17.6 Å². The van der Waals surface area contributed by atoms with Crippen molar-refractivity contribution in [3.05, 3.63) is 10.4 Å². The molecule has 0 atom stereocenters. The molecule has 0 aliphatic heterocycles. The molecule has 0 aliphatic carbocycles. The maximum absolute atomic E-state index is 10.4. The molecule has 0 aromatic heterocycles. The quantitative estimate of drug-likeness (QED) is 0.213. The highest BCUT2D eigenvalue weighted by molar-refractivity contribution is 4.47. The zero-order valence-electron chi connectivity index (χ0n) is 15.7. The van der Waals surface area contributed by atoms with Gasteiger partial charge in [0.25, 0.3) is 0 Å². The first-order valence-corrected chi connectivity index (χ1v) is 7.28. The molecule has 0 aliphatic rings. The number of rotatable bonds is 3. The first kappa shape index (κ1) is 37.9. The SMILES string of the molecule is C.CC(C)(C)C.CC(F)(F)F.CCCC.CCCN=[N+]=[N-].CF. The van der Waals surface area contributed by atoms with Crippen LogP contribution < -0.4 is 0 Å². The van der Waals surface area contributed by atoms with E-state index in [-0.39, 0.29) is 14.4 Å². The molecule has 0 unspecified atom stereocenters. The number of azide groups is 1. The lowest BCUT2D eigenvalue weighted by Gasteiger charge is -2.05. The average Bonchev–Trinajstić information content (AvgIpc) is 2.35. The van der Waals surface area contributed by atoms with Gasteiger partial charge in [-0.3, -0.25) is 4.39 Å². The summed E-state index contributed by atoms with van der Waals surface area (Å²) in [6.45, 7) is 15.9. The van der Waals surface area contributed by atoms with Gasteiger partial charge >= 0.3 is 6.18 Å². The summed E-state index contributed by atoms with van der Waals surface area (Å²) in [5, 5.41) is 3.27. The predicted molar refractivity (Wildman–Crippen MR) is 95.5 cm³/mol. The molecule has 0 aromatic carbocycles. The summed E-state index contributed by atoms with van der Waals surface area (Å²) in [5.74, 6) is 0. The second-order valence-corrected chi connectivity index (χ2v) is 5.74. The number of hydrogen-bond donors (Lipinski definition) is 0. The van der Waals surface area contributed by atoms with Crippen molar-refractivity contribution in [2.24, 2.45) is 10.5 Å². The first-order chi connectivity index (χ1) is 9.83. The van der Waals surface area contributed by atoms with Gasteiger partial charge in [0, 0.05) is 18.4 Å². The van der Waals surface area contributed by atoms with Crippen molar-refractivity contribution in [3.8, 4) is 0 Å². The molecule has 0 rings (SSSR count). The lowest BCUT2D eigenvalue weighted by atomic mass is 10.0. The van der Waals surface area contributed by atoms with Crippen molar-refractivity contribution in [1.29, 1.82) is 0 Å². The van der Waals surface area contributed by atoms with Gasteiger partial charge in [-0.1, -0.05) is 80.3 Å². The number of hydrogen-bond acceptors (Lipinski definition) is 1. The molecule has 7 heteroatoms. The van der Waals surface area contributed by atoms with Gasteiger partial charge in [-0.25, -0.2) is 0 Å². The fourth-order valence-corrected chi connectivity index (χ4v) is 0.145. The van der Waals surface area contributed by atoms with Gasteiger partial charge in [0.15, 0.2) is 0 Å². The second kappa shape index (κ2) is 29.1. The van der Waals surface area contributed by atoms with Crippen LogP contribution in [-0.2, 0) is 0 Å². The van der Waals surface area contributed by atoms with Crippen LogP contribution in [0.3, 0.4) is 0 Å². The normalized spacial score (nSPS) is 8.57. The highest BCUT2D eigenvalue weighted by Gasteiger charge is 2.15. The summed E-state index contributed by atoms with van der Waals surface area (Å²) in [4.78, 5) is 2.55. The van der Waals surface area contributed by atoms with Gasteiger partial charge in [-0.05, 0) is 10.9 Å². The molecule has 0 heterocycles. The molecule has 0 radical (unpaired) electrons. The molecule has 0 bridgehead atoms. The van der Waals surface area contributed by atoms with Crippen LogP contribution in [0.2, 0.25) is 0 Å². The van der Waals surface area contributed by atoms with Gasteiger partial charge in [0.2, 0.25) is 0 Å². The minimum absolute atomic E-state index is 0. The summed E-state index contributed by atoms with van der Waals surface area (Å²) in [5.41, 5.74) is 8.16. The van der Waals surface area contributed by atoms with E-state index in [1.165, 1.54) is 12.8 Å². The van der Waals surface area contributed by atoms with Crippen LogP contribution in [0.25, 0.3) is 10.4 Å². The van der Waals surface area contributed by atoms with E-state index >= 15 is 0 Å². The van der Waals surface area contributed by atoms with Crippen LogP contribution in [0, 0.1) is 5.41 Å². The minimum atomic E-state index is -4.00. The third-order valence-corrected chi connectivity index (χ3v) is 0.887. The Morgan fingerprint density at radius 2 is 1.04 bits per heavy atom. The molecule has 0 N–H and O–H groups in total. The Kier molecular flexibility index (Phi) is 48.0. The van der Waals surface area contributed by atoms with Crippen LogP contribution in [0.1, 0.15) is 82.1 Å². The maximum Gasteiger partial charge on any atom is 0.386 e. The number of unbranched alkanes of at least 4 members (excludes halogenated alkanes) is 1. The fraction of sp³-hybridized carbons (Fsp3) is 1.00. The number of halogens is 4. The zero-order valence-corrected chi connectivity index (χ0v) is 15.7. The Labute approximate surface area is 141 Å². The Morgan fingerprint density at radius 3 is 1.09 bits per heavy atom. The smallest absolute Gasteiger partial charge is 0.255 e. The molecule has 3 nitrogen and oxygen atoms in total. The highest BCUT2D eigenvalue weighted by Crippen LogP contribution is 2.10. The van der Waals surface area contributed by atoms with E-state index in [1.54, 1.807) is 0 Å². The summed E-state index contributed by atoms with van der Waals surface area (Å²) >= 11 is 0. The molecule has 0 amide bonds. The Morgan fingerprint density at radius 1 is 0.826 bits per heavy atom. The molecule has 0 saturated carbocycles. The van der Waals surface area contributed by atoms with E-state index < -0.39 is 6.18 Å². The molecular formula is C16H39F4N3. The average molecular weight is 350 g/mol. The van der Waals surface area contributed by atoms with Crippen molar-refractivity contribution < 1.29 is 17.6 Å². The third-order valence-electron chi connectivity index (χ3n) is 0.887. The van der Waals surface area contributed by atoms with Gasteiger partial charge in [0.1, 0.15) is 0 Å². The summed E-state index contributed by atoms with van der Waals surface area (Å²) < 4.78 is 40.6. The standard InChI is InChI=1S/C5H12.C4H10.C3H7N3.C2H3F3.CH3F.CH4/c1-5(2,3)4;1-3-4-2;1-2-3-5-6-4;1-2(3,4)5;1-2;/h1-4H3;3-4H2,1-2H3;2-3H2,1H3;1H3;1H3;1H4. The molecule has 0 saturated heterocycles. The summed E-state index contributed by atoms with van der Waals surface area (Å²) in [7, 11) is 0.500. The van der Waals surface area contributed by atoms with Crippen molar-refractivity contribution >= 4 is 0 Å². The summed E-state index contributed by atoms with van der Waals surface area (Å²) in [6, 6.07) is 0. The van der Waals surface area contributed by atoms with E-state index in [0.717, 1.165) is 6.42 Å². The Bertz CT molecular complexity index is 192. The van der Waals surface area contributed by atoms with Crippen LogP contribution in [0.15, 0.2) is 5.11 Å². The summed E-state index contributed by atoms with van der Waals surface area (Å²) in [6.07, 6.45) is -0.427. The van der Waals surface area contributed by atoms with Crippen molar-refractivity contribution in [3.63, 3.8) is 0 Å².